The molecule has 1 heterocycles. The summed E-state index contributed by atoms with van der Waals surface area (Å²) >= 11 is 3.54. The predicted octanol–water partition coefficient (Wildman–Crippen LogP) is 2.12. The van der Waals surface area contributed by atoms with Crippen LogP contribution in [0.15, 0.2) is 22.7 Å². The van der Waals surface area contributed by atoms with Gasteiger partial charge in [0.1, 0.15) is 0 Å². The molecule has 19 heavy (non-hydrogen) atoms. The lowest BCUT2D eigenvalue weighted by Gasteiger charge is -2.37. The van der Waals surface area contributed by atoms with Crippen LogP contribution in [0.4, 0.5) is 5.69 Å². The molecule has 0 aromatic heterocycles. The van der Waals surface area contributed by atoms with Gasteiger partial charge >= 0.3 is 0 Å². The van der Waals surface area contributed by atoms with Gasteiger partial charge in [-0.1, -0.05) is 22.0 Å². The van der Waals surface area contributed by atoms with Gasteiger partial charge in [0.05, 0.1) is 5.92 Å². The lowest BCUT2D eigenvalue weighted by molar-refractivity contribution is -0.124. The van der Waals surface area contributed by atoms with Crippen LogP contribution in [0, 0.1) is 5.92 Å². The van der Waals surface area contributed by atoms with E-state index in [1.54, 1.807) is 0 Å². The van der Waals surface area contributed by atoms with E-state index in [0.717, 1.165) is 36.1 Å². The predicted molar refractivity (Wildman–Crippen MR) is 80.3 cm³/mol. The number of hydrogen-bond donors (Lipinski definition) is 2. The Morgan fingerprint density at radius 2 is 2.21 bits per heavy atom. The third-order valence-electron chi connectivity index (χ3n) is 3.86. The lowest BCUT2D eigenvalue weighted by Crippen LogP contribution is -2.45. The molecule has 1 aliphatic rings. The zero-order valence-corrected chi connectivity index (χ0v) is 12.7. The highest BCUT2D eigenvalue weighted by Gasteiger charge is 2.28. The van der Waals surface area contributed by atoms with Gasteiger partial charge in [0.25, 0.3) is 0 Å². The number of halogens is 1. The first kappa shape index (κ1) is 14.3. The van der Waals surface area contributed by atoms with Gasteiger partial charge in [-0.2, -0.15) is 0 Å². The molecule has 2 unspecified atom stereocenters. The van der Waals surface area contributed by atoms with Gasteiger partial charge in [-0.05, 0) is 37.5 Å². The summed E-state index contributed by atoms with van der Waals surface area (Å²) in [7, 11) is 0. The number of amides is 1. The first-order valence-corrected chi connectivity index (χ1v) is 7.34. The molecule has 1 amide bonds. The van der Waals surface area contributed by atoms with Crippen LogP contribution in [0.25, 0.3) is 0 Å². The van der Waals surface area contributed by atoms with Gasteiger partial charge in [-0.25, -0.2) is 0 Å². The average molecular weight is 326 g/mol. The van der Waals surface area contributed by atoms with Crippen molar-refractivity contribution in [3.05, 3.63) is 28.2 Å². The number of primary amides is 1. The van der Waals surface area contributed by atoms with Crippen molar-refractivity contribution in [1.82, 2.24) is 4.90 Å². The Bertz CT molecular complexity index is 478. The van der Waals surface area contributed by atoms with Crippen LogP contribution in [-0.4, -0.2) is 23.4 Å². The van der Waals surface area contributed by atoms with Crippen LogP contribution < -0.4 is 11.5 Å². The largest absolute Gasteiger partial charge is 0.399 e. The van der Waals surface area contributed by atoms with Crippen molar-refractivity contribution < 1.29 is 4.79 Å². The number of hydrogen-bond acceptors (Lipinski definition) is 3. The van der Waals surface area contributed by atoms with Crippen molar-refractivity contribution >= 4 is 27.5 Å². The Hall–Kier alpha value is -1.07. The Labute approximate surface area is 122 Å². The number of benzene rings is 1. The van der Waals surface area contributed by atoms with Gasteiger partial charge < -0.3 is 11.5 Å². The summed E-state index contributed by atoms with van der Waals surface area (Å²) in [5.74, 6) is -0.211. The Morgan fingerprint density at radius 1 is 1.47 bits per heavy atom. The third-order valence-corrected chi connectivity index (χ3v) is 4.60. The highest BCUT2D eigenvalue weighted by Crippen LogP contribution is 2.27. The normalized spacial score (nSPS) is 24.3. The Balaban J connectivity index is 2.09. The number of anilines is 1. The van der Waals surface area contributed by atoms with E-state index in [1.807, 2.05) is 18.2 Å². The standard InChI is InChI=1S/C14H20BrN3O/c1-9-2-3-11(14(17)19)8-18(9)7-10-4-5-12(16)6-13(10)15/h4-6,9,11H,2-3,7-8,16H2,1H3,(H2,17,19). The maximum atomic E-state index is 11.3. The minimum absolute atomic E-state index is 0.0243. The number of nitrogens with two attached hydrogens (primary N) is 2. The molecule has 4 nitrogen and oxygen atoms in total. The van der Waals surface area contributed by atoms with E-state index in [9.17, 15) is 4.79 Å². The molecule has 0 aliphatic carbocycles. The smallest absolute Gasteiger partial charge is 0.221 e. The fourth-order valence-corrected chi connectivity index (χ4v) is 3.06. The molecule has 104 valence electrons. The molecule has 1 aromatic rings. The zero-order chi connectivity index (χ0) is 14.0. The second-order valence-electron chi connectivity index (χ2n) is 5.31. The maximum Gasteiger partial charge on any atom is 0.221 e. The summed E-state index contributed by atoms with van der Waals surface area (Å²) in [6.07, 6.45) is 1.91. The van der Waals surface area contributed by atoms with Crippen LogP contribution in [0.2, 0.25) is 0 Å². The van der Waals surface area contributed by atoms with E-state index in [0.29, 0.717) is 6.04 Å². The summed E-state index contributed by atoms with van der Waals surface area (Å²) in [6, 6.07) is 6.32. The van der Waals surface area contributed by atoms with Gasteiger partial charge in [-0.15, -0.1) is 0 Å². The molecular weight excluding hydrogens is 306 g/mol. The van der Waals surface area contributed by atoms with Gasteiger partial charge in [0.15, 0.2) is 0 Å². The zero-order valence-electron chi connectivity index (χ0n) is 11.1. The molecule has 0 radical (unpaired) electrons. The lowest BCUT2D eigenvalue weighted by atomic mass is 9.92. The van der Waals surface area contributed by atoms with Gasteiger partial charge in [-0.3, -0.25) is 9.69 Å². The third kappa shape index (κ3) is 3.48. The van der Waals surface area contributed by atoms with Crippen LogP contribution >= 0.6 is 15.9 Å². The van der Waals surface area contributed by atoms with Crippen LogP contribution in [0.3, 0.4) is 0 Å². The average Bonchev–Trinajstić information content (AvgIpc) is 2.34. The van der Waals surface area contributed by atoms with E-state index >= 15 is 0 Å². The molecule has 2 rings (SSSR count). The van der Waals surface area contributed by atoms with Crippen LogP contribution in [0.1, 0.15) is 25.3 Å². The highest BCUT2D eigenvalue weighted by atomic mass is 79.9. The summed E-state index contributed by atoms with van der Waals surface area (Å²) in [5.41, 5.74) is 13.1. The number of nitrogen functional groups attached to an aromatic ring is 1. The van der Waals surface area contributed by atoms with E-state index in [2.05, 4.69) is 27.8 Å². The van der Waals surface area contributed by atoms with E-state index in [4.69, 9.17) is 11.5 Å². The number of carbonyl (C=O) groups is 1. The van der Waals surface area contributed by atoms with Gasteiger partial charge in [0, 0.05) is 29.3 Å². The summed E-state index contributed by atoms with van der Waals surface area (Å²) < 4.78 is 1.01. The van der Waals surface area contributed by atoms with E-state index in [-0.39, 0.29) is 11.8 Å². The van der Waals surface area contributed by atoms with E-state index in [1.165, 1.54) is 5.56 Å². The van der Waals surface area contributed by atoms with Crippen molar-refractivity contribution in [2.75, 3.05) is 12.3 Å². The van der Waals surface area contributed by atoms with Crippen LogP contribution in [0.5, 0.6) is 0 Å². The molecule has 2 atom stereocenters. The number of piperidine rings is 1. The SMILES string of the molecule is CC1CCC(C(N)=O)CN1Cc1ccc(N)cc1Br. The minimum Gasteiger partial charge on any atom is -0.399 e. The first-order valence-electron chi connectivity index (χ1n) is 6.54. The minimum atomic E-state index is -0.187. The van der Waals surface area contributed by atoms with Gasteiger partial charge in [0.2, 0.25) is 5.91 Å². The number of carbonyl (C=O) groups excluding carboxylic acids is 1. The fourth-order valence-electron chi connectivity index (χ4n) is 2.54. The second kappa shape index (κ2) is 5.92. The highest BCUT2D eigenvalue weighted by molar-refractivity contribution is 9.10. The molecule has 0 spiro atoms. The second-order valence-corrected chi connectivity index (χ2v) is 6.16. The molecule has 1 aliphatic heterocycles. The molecule has 0 saturated carbocycles. The maximum absolute atomic E-state index is 11.3. The molecule has 0 bridgehead atoms. The number of nitrogens with zero attached hydrogens (tertiary/aromatic N) is 1. The summed E-state index contributed by atoms with van der Waals surface area (Å²) in [4.78, 5) is 13.7. The van der Waals surface area contributed by atoms with Crippen LogP contribution in [-0.2, 0) is 11.3 Å². The Morgan fingerprint density at radius 3 is 2.84 bits per heavy atom. The molecule has 1 fully saturated rings. The topological polar surface area (TPSA) is 72.4 Å². The fraction of sp³-hybridized carbons (Fsp3) is 0.500. The Kier molecular flexibility index (Phi) is 4.47. The summed E-state index contributed by atoms with van der Waals surface area (Å²) in [6.45, 7) is 3.75. The van der Waals surface area contributed by atoms with Crippen molar-refractivity contribution in [3.8, 4) is 0 Å². The number of likely N-dealkylation sites (tertiary alicyclic amines) is 1. The van der Waals surface area contributed by atoms with Crippen molar-refractivity contribution in [1.29, 1.82) is 0 Å². The summed E-state index contributed by atoms with van der Waals surface area (Å²) in [5, 5.41) is 0. The number of rotatable bonds is 3. The molecule has 5 heteroatoms. The molecule has 1 saturated heterocycles. The van der Waals surface area contributed by atoms with Crippen molar-refractivity contribution in [3.63, 3.8) is 0 Å². The molecule has 1 aromatic carbocycles. The first-order chi connectivity index (χ1) is 8.97. The quantitative estimate of drug-likeness (QED) is 0.836. The van der Waals surface area contributed by atoms with E-state index < -0.39 is 0 Å². The molecule has 4 N–H and O–H groups in total. The molecular formula is C14H20BrN3O. The van der Waals surface area contributed by atoms with Crippen molar-refractivity contribution in [2.45, 2.75) is 32.4 Å². The monoisotopic (exact) mass is 325 g/mol. The van der Waals surface area contributed by atoms with Crippen molar-refractivity contribution in [2.24, 2.45) is 11.7 Å².